The third kappa shape index (κ3) is 1.29. The van der Waals surface area contributed by atoms with Crippen LogP contribution in [0.25, 0.3) is 0 Å². The molecule has 4 nitrogen and oxygen atoms in total. The lowest BCUT2D eigenvalue weighted by molar-refractivity contribution is -0.148. The first-order chi connectivity index (χ1) is 5.63. The molecule has 0 heterocycles. The summed E-state index contributed by atoms with van der Waals surface area (Å²) in [5.41, 5.74) is 0. The minimum absolute atomic E-state index is 0.0601. The van der Waals surface area contributed by atoms with Crippen molar-refractivity contribution >= 4 is 11.9 Å². The molecule has 0 radical (unpaired) electrons. The Morgan fingerprint density at radius 2 is 1.33 bits per heavy atom. The summed E-state index contributed by atoms with van der Waals surface area (Å²) in [5, 5.41) is 0. The number of hydrogen-bond acceptors (Lipinski definition) is 4. The zero-order chi connectivity index (χ0) is 9.30. The van der Waals surface area contributed by atoms with E-state index in [1.807, 2.05) is 6.92 Å². The number of rotatable bonds is 2. The van der Waals surface area contributed by atoms with Gasteiger partial charge in [-0.2, -0.15) is 0 Å². The van der Waals surface area contributed by atoms with Crippen LogP contribution in [0.1, 0.15) is 6.92 Å². The van der Waals surface area contributed by atoms with E-state index >= 15 is 0 Å². The van der Waals surface area contributed by atoms with Crippen molar-refractivity contribution in [3.05, 3.63) is 0 Å². The Morgan fingerprint density at radius 3 is 1.58 bits per heavy atom. The highest BCUT2D eigenvalue weighted by molar-refractivity contribution is 5.88. The minimum atomic E-state index is -0.321. The predicted molar refractivity (Wildman–Crippen MR) is 40.2 cm³/mol. The van der Waals surface area contributed by atoms with Crippen LogP contribution in [0, 0.1) is 17.8 Å². The van der Waals surface area contributed by atoms with Gasteiger partial charge < -0.3 is 9.47 Å². The lowest BCUT2D eigenvalue weighted by Crippen LogP contribution is -2.10. The quantitative estimate of drug-likeness (QED) is 0.559. The summed E-state index contributed by atoms with van der Waals surface area (Å²) in [6.45, 7) is 1.84. The van der Waals surface area contributed by atoms with Gasteiger partial charge in [0.15, 0.2) is 0 Å². The van der Waals surface area contributed by atoms with Gasteiger partial charge in [-0.1, -0.05) is 6.92 Å². The molecule has 1 fully saturated rings. The molecule has 0 bridgehead atoms. The molecule has 0 saturated heterocycles. The molecule has 0 aromatic heterocycles. The highest BCUT2D eigenvalue weighted by atomic mass is 16.5. The Bertz CT molecular complexity index is 189. The highest BCUT2D eigenvalue weighted by Gasteiger charge is 2.57. The zero-order valence-corrected chi connectivity index (χ0v) is 7.37. The average Bonchev–Trinajstić information content (AvgIpc) is 2.74. The molecule has 68 valence electrons. The van der Waals surface area contributed by atoms with Gasteiger partial charge in [-0.15, -0.1) is 0 Å². The minimum Gasteiger partial charge on any atom is -0.469 e. The molecule has 0 aromatic rings. The molecule has 0 aromatic carbocycles. The molecule has 1 rings (SSSR count). The summed E-state index contributed by atoms with van der Waals surface area (Å²) >= 11 is 0. The Hall–Kier alpha value is -1.06. The second kappa shape index (κ2) is 3.13. The number of ether oxygens (including phenoxy) is 2. The summed E-state index contributed by atoms with van der Waals surface area (Å²) in [6, 6.07) is 0. The van der Waals surface area contributed by atoms with Crippen molar-refractivity contribution in [1.82, 2.24) is 0 Å². The predicted octanol–water partition coefficient (Wildman–Crippen LogP) is 0.214. The first kappa shape index (κ1) is 9.03. The first-order valence-electron chi connectivity index (χ1n) is 3.79. The van der Waals surface area contributed by atoms with Gasteiger partial charge in [0.25, 0.3) is 0 Å². The molecular weight excluding hydrogens is 160 g/mol. The summed E-state index contributed by atoms with van der Waals surface area (Å²) < 4.78 is 9.05. The van der Waals surface area contributed by atoms with Crippen molar-refractivity contribution in [2.24, 2.45) is 17.8 Å². The Balaban J connectivity index is 2.53. The van der Waals surface area contributed by atoms with Crippen LogP contribution in [-0.4, -0.2) is 26.2 Å². The number of methoxy groups -OCH3 is 2. The van der Waals surface area contributed by atoms with Crippen LogP contribution in [0.5, 0.6) is 0 Å². The molecule has 0 aliphatic heterocycles. The summed E-state index contributed by atoms with van der Waals surface area (Å²) in [4.78, 5) is 22.0. The van der Waals surface area contributed by atoms with Crippen molar-refractivity contribution < 1.29 is 19.1 Å². The Kier molecular flexibility index (Phi) is 2.35. The fourth-order valence-corrected chi connectivity index (χ4v) is 1.46. The largest absolute Gasteiger partial charge is 0.469 e. The van der Waals surface area contributed by atoms with E-state index in [1.54, 1.807) is 0 Å². The van der Waals surface area contributed by atoms with E-state index in [1.165, 1.54) is 14.2 Å². The maximum absolute atomic E-state index is 11.0. The number of carbonyl (C=O) groups is 2. The Morgan fingerprint density at radius 1 is 1.00 bits per heavy atom. The van der Waals surface area contributed by atoms with E-state index in [0.29, 0.717) is 0 Å². The van der Waals surface area contributed by atoms with Crippen LogP contribution < -0.4 is 0 Å². The van der Waals surface area contributed by atoms with Crippen molar-refractivity contribution in [2.75, 3.05) is 14.2 Å². The van der Waals surface area contributed by atoms with E-state index in [4.69, 9.17) is 0 Å². The second-order valence-corrected chi connectivity index (χ2v) is 2.96. The standard InChI is InChI=1S/C8H12O4/c1-4-5(7(9)11-2)6(4)8(10)12-3/h4-6H,1-3H3. The molecule has 0 amide bonds. The lowest BCUT2D eigenvalue weighted by atomic mass is 10.3. The van der Waals surface area contributed by atoms with E-state index in [0.717, 1.165) is 0 Å². The summed E-state index contributed by atoms with van der Waals surface area (Å²) in [6.07, 6.45) is 0. The van der Waals surface area contributed by atoms with Gasteiger partial charge in [0.2, 0.25) is 0 Å². The molecule has 1 aliphatic carbocycles. The van der Waals surface area contributed by atoms with Gasteiger partial charge in [0.05, 0.1) is 26.1 Å². The molecule has 0 N–H and O–H groups in total. The van der Waals surface area contributed by atoms with Crippen LogP contribution in [0.4, 0.5) is 0 Å². The van der Waals surface area contributed by atoms with Gasteiger partial charge in [0, 0.05) is 0 Å². The van der Waals surface area contributed by atoms with Crippen molar-refractivity contribution in [3.63, 3.8) is 0 Å². The van der Waals surface area contributed by atoms with Crippen LogP contribution in [0.2, 0.25) is 0 Å². The second-order valence-electron chi connectivity index (χ2n) is 2.96. The van der Waals surface area contributed by atoms with Crippen LogP contribution in [0.15, 0.2) is 0 Å². The number of carbonyl (C=O) groups excluding carboxylic acids is 2. The van der Waals surface area contributed by atoms with E-state index < -0.39 is 0 Å². The van der Waals surface area contributed by atoms with Gasteiger partial charge in [0.1, 0.15) is 0 Å². The van der Waals surface area contributed by atoms with Crippen LogP contribution >= 0.6 is 0 Å². The normalized spacial score (nSPS) is 32.4. The number of hydrogen-bond donors (Lipinski definition) is 0. The SMILES string of the molecule is COC(=O)C1C(C)C1C(=O)OC. The third-order valence-electron chi connectivity index (χ3n) is 2.33. The molecule has 12 heavy (non-hydrogen) atoms. The smallest absolute Gasteiger partial charge is 0.309 e. The topological polar surface area (TPSA) is 52.6 Å². The molecule has 2 atom stereocenters. The average molecular weight is 172 g/mol. The molecule has 0 spiro atoms. The van der Waals surface area contributed by atoms with E-state index in [-0.39, 0.29) is 29.7 Å². The van der Waals surface area contributed by atoms with E-state index in [2.05, 4.69) is 9.47 Å². The van der Waals surface area contributed by atoms with Gasteiger partial charge in [-0.3, -0.25) is 9.59 Å². The van der Waals surface area contributed by atoms with Crippen LogP contribution in [0.3, 0.4) is 0 Å². The fraction of sp³-hybridized carbons (Fsp3) is 0.750. The Labute approximate surface area is 70.8 Å². The molecule has 1 saturated carbocycles. The first-order valence-corrected chi connectivity index (χ1v) is 3.79. The molecule has 2 unspecified atom stereocenters. The van der Waals surface area contributed by atoms with Crippen molar-refractivity contribution in [3.8, 4) is 0 Å². The molecule has 4 heteroatoms. The highest BCUT2D eigenvalue weighted by Crippen LogP contribution is 2.47. The monoisotopic (exact) mass is 172 g/mol. The lowest BCUT2D eigenvalue weighted by Gasteiger charge is -1.96. The maximum atomic E-state index is 11.0. The molecular formula is C8H12O4. The number of esters is 2. The van der Waals surface area contributed by atoms with Gasteiger partial charge in [-0.05, 0) is 5.92 Å². The third-order valence-corrected chi connectivity index (χ3v) is 2.33. The zero-order valence-electron chi connectivity index (χ0n) is 7.37. The van der Waals surface area contributed by atoms with Crippen molar-refractivity contribution in [2.45, 2.75) is 6.92 Å². The summed E-state index contributed by atoms with van der Waals surface area (Å²) in [7, 11) is 2.64. The molecule has 1 aliphatic rings. The van der Waals surface area contributed by atoms with E-state index in [9.17, 15) is 9.59 Å². The van der Waals surface area contributed by atoms with Crippen molar-refractivity contribution in [1.29, 1.82) is 0 Å². The van der Waals surface area contributed by atoms with Gasteiger partial charge in [-0.25, -0.2) is 0 Å². The van der Waals surface area contributed by atoms with Gasteiger partial charge >= 0.3 is 11.9 Å². The summed E-state index contributed by atoms with van der Waals surface area (Å²) in [5.74, 6) is -1.16. The maximum Gasteiger partial charge on any atom is 0.309 e. The van der Waals surface area contributed by atoms with Crippen LogP contribution in [-0.2, 0) is 19.1 Å². The fourth-order valence-electron chi connectivity index (χ4n) is 1.46.